The van der Waals surface area contributed by atoms with Gasteiger partial charge in [0.15, 0.2) is 11.5 Å². The third-order valence-electron chi connectivity index (χ3n) is 4.52. The number of ether oxygens (including phenoxy) is 3. The predicted octanol–water partition coefficient (Wildman–Crippen LogP) is 3.90. The van der Waals surface area contributed by atoms with E-state index in [-0.39, 0.29) is 17.9 Å². The molecule has 5 heteroatoms. The fourth-order valence-corrected chi connectivity index (χ4v) is 3.37. The predicted molar refractivity (Wildman–Crippen MR) is 93.3 cm³/mol. The third kappa shape index (κ3) is 2.20. The number of methoxy groups -OCH3 is 2. The quantitative estimate of drug-likeness (QED) is 0.735. The van der Waals surface area contributed by atoms with E-state index < -0.39 is 5.97 Å². The summed E-state index contributed by atoms with van der Waals surface area (Å²) in [4.78, 5) is 12.1. The molecule has 126 valence electrons. The zero-order chi connectivity index (χ0) is 17.6. The molecule has 3 aromatic carbocycles. The number of fused-ring (bicyclic) bond motifs is 2. The maximum absolute atomic E-state index is 12.1. The number of esters is 1. The lowest BCUT2D eigenvalue weighted by Gasteiger charge is -2.15. The van der Waals surface area contributed by atoms with Gasteiger partial charge < -0.3 is 19.3 Å². The van der Waals surface area contributed by atoms with Crippen molar-refractivity contribution in [3.8, 4) is 28.4 Å². The summed E-state index contributed by atoms with van der Waals surface area (Å²) in [6, 6.07) is 13.0. The lowest BCUT2D eigenvalue weighted by molar-refractivity contribution is 0.0533. The van der Waals surface area contributed by atoms with Gasteiger partial charge in [0.25, 0.3) is 0 Å². The minimum absolute atomic E-state index is 0.0303. The summed E-state index contributed by atoms with van der Waals surface area (Å²) < 4.78 is 15.9. The summed E-state index contributed by atoms with van der Waals surface area (Å²) in [5.41, 5.74) is 2.65. The van der Waals surface area contributed by atoms with Crippen molar-refractivity contribution in [3.63, 3.8) is 0 Å². The van der Waals surface area contributed by atoms with Gasteiger partial charge in [0.1, 0.15) is 17.9 Å². The molecule has 0 amide bonds. The molecule has 0 radical (unpaired) electrons. The van der Waals surface area contributed by atoms with Crippen LogP contribution in [-0.4, -0.2) is 25.3 Å². The average molecular weight is 336 g/mol. The van der Waals surface area contributed by atoms with Gasteiger partial charge in [-0.2, -0.15) is 0 Å². The van der Waals surface area contributed by atoms with Gasteiger partial charge in [0.2, 0.25) is 0 Å². The molecule has 0 unspecified atom stereocenters. The Kier molecular flexibility index (Phi) is 3.50. The Balaban J connectivity index is 2.09. The van der Waals surface area contributed by atoms with Gasteiger partial charge in [-0.25, -0.2) is 4.79 Å². The highest BCUT2D eigenvalue weighted by Gasteiger charge is 2.31. The van der Waals surface area contributed by atoms with E-state index >= 15 is 0 Å². The fraction of sp³-hybridized carbons (Fsp3) is 0.150. The minimum atomic E-state index is -0.500. The number of phenolic OH excluding ortho intramolecular Hbond substituents is 1. The average Bonchev–Trinajstić information content (AvgIpc) is 3.03. The normalized spacial score (nSPS) is 12.8. The molecule has 4 rings (SSSR count). The molecular weight excluding hydrogens is 320 g/mol. The second kappa shape index (κ2) is 5.70. The zero-order valence-electron chi connectivity index (χ0n) is 13.8. The first-order valence-corrected chi connectivity index (χ1v) is 7.81. The summed E-state index contributed by atoms with van der Waals surface area (Å²) in [6.45, 7) is 0.135. The van der Waals surface area contributed by atoms with Gasteiger partial charge in [-0.3, -0.25) is 0 Å². The maximum atomic E-state index is 12.1. The van der Waals surface area contributed by atoms with Crippen molar-refractivity contribution in [2.45, 2.75) is 6.61 Å². The molecule has 3 aromatic rings. The number of rotatable bonds is 3. The van der Waals surface area contributed by atoms with Crippen molar-refractivity contribution in [2.75, 3.05) is 14.2 Å². The number of hydrogen-bond donors (Lipinski definition) is 1. The van der Waals surface area contributed by atoms with E-state index in [1.807, 2.05) is 36.4 Å². The van der Waals surface area contributed by atoms with E-state index in [2.05, 4.69) is 0 Å². The largest absolute Gasteiger partial charge is 0.506 e. The van der Waals surface area contributed by atoms with Crippen LogP contribution in [-0.2, 0) is 11.3 Å². The lowest BCUT2D eigenvalue weighted by atomic mass is 9.90. The summed E-state index contributed by atoms with van der Waals surface area (Å²) in [5, 5.41) is 12.0. The summed E-state index contributed by atoms with van der Waals surface area (Å²) in [5.74, 6) is 0.687. The minimum Gasteiger partial charge on any atom is -0.506 e. The van der Waals surface area contributed by atoms with Crippen molar-refractivity contribution >= 4 is 16.7 Å². The van der Waals surface area contributed by atoms with Crippen LogP contribution in [0.25, 0.3) is 21.9 Å². The standard InChI is InChI=1S/C20H16O5/c1-23-15-8-7-11(9-16(15)24-2)17-12-5-3-4-6-13(12)19(21)18-14(17)10-25-20(18)22/h3-9,21H,10H2,1-2H3. The number of carbonyl (C=O) groups is 1. The number of aromatic hydroxyl groups is 1. The molecule has 0 saturated heterocycles. The van der Waals surface area contributed by atoms with E-state index in [9.17, 15) is 9.90 Å². The van der Waals surface area contributed by atoms with Crippen LogP contribution >= 0.6 is 0 Å². The highest BCUT2D eigenvalue weighted by molar-refractivity contribution is 6.11. The van der Waals surface area contributed by atoms with Crippen molar-refractivity contribution in [1.29, 1.82) is 0 Å². The molecule has 5 nitrogen and oxygen atoms in total. The molecule has 1 aliphatic rings. The zero-order valence-corrected chi connectivity index (χ0v) is 13.8. The summed E-state index contributed by atoms with van der Waals surface area (Å²) in [6.07, 6.45) is 0. The molecule has 0 atom stereocenters. The molecule has 0 bridgehead atoms. The van der Waals surface area contributed by atoms with Gasteiger partial charge in [-0.1, -0.05) is 30.3 Å². The molecule has 0 aromatic heterocycles. The summed E-state index contributed by atoms with van der Waals surface area (Å²) >= 11 is 0. The summed E-state index contributed by atoms with van der Waals surface area (Å²) in [7, 11) is 3.16. The Labute approximate surface area is 144 Å². The van der Waals surface area contributed by atoms with Crippen molar-refractivity contribution in [3.05, 3.63) is 53.6 Å². The van der Waals surface area contributed by atoms with Gasteiger partial charge in [-0.15, -0.1) is 0 Å². The Hall–Kier alpha value is -3.21. The van der Waals surface area contributed by atoms with E-state index in [0.717, 1.165) is 16.5 Å². The van der Waals surface area contributed by atoms with Crippen LogP contribution in [0, 0.1) is 0 Å². The molecule has 0 spiro atoms. The monoisotopic (exact) mass is 336 g/mol. The third-order valence-corrected chi connectivity index (χ3v) is 4.52. The van der Waals surface area contributed by atoms with Crippen LogP contribution in [0.5, 0.6) is 17.2 Å². The number of hydrogen-bond acceptors (Lipinski definition) is 5. The first kappa shape index (κ1) is 15.3. The molecule has 1 heterocycles. The molecule has 1 aliphatic heterocycles. The topological polar surface area (TPSA) is 65.0 Å². The van der Waals surface area contributed by atoms with Crippen molar-refractivity contribution < 1.29 is 24.1 Å². The Morgan fingerprint density at radius 2 is 1.68 bits per heavy atom. The smallest absolute Gasteiger partial charge is 0.342 e. The van der Waals surface area contributed by atoms with Gasteiger partial charge in [0, 0.05) is 10.9 Å². The van der Waals surface area contributed by atoms with Crippen LogP contribution in [0.15, 0.2) is 42.5 Å². The Morgan fingerprint density at radius 1 is 0.960 bits per heavy atom. The number of phenols is 1. The molecule has 25 heavy (non-hydrogen) atoms. The highest BCUT2D eigenvalue weighted by Crippen LogP contribution is 2.45. The van der Waals surface area contributed by atoms with Crippen LogP contribution < -0.4 is 9.47 Å². The first-order chi connectivity index (χ1) is 12.2. The second-order valence-corrected chi connectivity index (χ2v) is 5.77. The fourth-order valence-electron chi connectivity index (χ4n) is 3.37. The number of cyclic esters (lactones) is 1. The molecule has 1 N–H and O–H groups in total. The van der Waals surface area contributed by atoms with Gasteiger partial charge in [-0.05, 0) is 28.6 Å². The van der Waals surface area contributed by atoms with Crippen molar-refractivity contribution in [1.82, 2.24) is 0 Å². The van der Waals surface area contributed by atoms with Crippen LogP contribution in [0.3, 0.4) is 0 Å². The number of benzene rings is 3. The Bertz CT molecular complexity index is 1010. The molecule has 0 saturated carbocycles. The lowest BCUT2D eigenvalue weighted by Crippen LogP contribution is -1.97. The SMILES string of the molecule is COc1ccc(-c2c3c(c(O)c4ccccc24)C(=O)OC3)cc1OC. The van der Waals surface area contributed by atoms with Crippen molar-refractivity contribution in [2.24, 2.45) is 0 Å². The van der Waals surface area contributed by atoms with Gasteiger partial charge in [0.05, 0.1) is 14.2 Å². The number of carbonyl (C=O) groups excluding carboxylic acids is 1. The second-order valence-electron chi connectivity index (χ2n) is 5.77. The van der Waals surface area contributed by atoms with Crippen LogP contribution in [0.2, 0.25) is 0 Å². The van der Waals surface area contributed by atoms with E-state index in [1.165, 1.54) is 0 Å². The molecule has 0 aliphatic carbocycles. The first-order valence-electron chi connectivity index (χ1n) is 7.81. The van der Waals surface area contributed by atoms with E-state index in [4.69, 9.17) is 14.2 Å². The molecular formula is C20H16O5. The van der Waals surface area contributed by atoms with E-state index in [0.29, 0.717) is 22.4 Å². The van der Waals surface area contributed by atoms with E-state index in [1.54, 1.807) is 20.3 Å². The van der Waals surface area contributed by atoms with Crippen LogP contribution in [0.4, 0.5) is 0 Å². The Morgan fingerprint density at radius 3 is 2.40 bits per heavy atom. The van der Waals surface area contributed by atoms with Gasteiger partial charge >= 0.3 is 5.97 Å². The molecule has 0 fully saturated rings. The van der Waals surface area contributed by atoms with Crippen LogP contribution in [0.1, 0.15) is 15.9 Å². The highest BCUT2D eigenvalue weighted by atomic mass is 16.5. The maximum Gasteiger partial charge on any atom is 0.342 e.